The van der Waals surface area contributed by atoms with E-state index in [9.17, 15) is 27.6 Å². The first-order valence-electron chi connectivity index (χ1n) is 9.99. The van der Waals surface area contributed by atoms with Gasteiger partial charge in [-0.1, -0.05) is 29.8 Å². The van der Waals surface area contributed by atoms with Crippen LogP contribution in [0.2, 0.25) is 0 Å². The molecule has 0 radical (unpaired) electrons. The minimum Gasteiger partial charge on any atom is -0.398 e. The highest BCUT2D eigenvalue weighted by Crippen LogP contribution is 2.34. The third-order valence-corrected chi connectivity index (χ3v) is 4.91. The molecule has 2 rings (SSSR count). The van der Waals surface area contributed by atoms with E-state index in [1.807, 2.05) is 32.0 Å². The van der Waals surface area contributed by atoms with Crippen molar-refractivity contribution in [2.24, 2.45) is 5.73 Å². The van der Waals surface area contributed by atoms with Crippen molar-refractivity contribution < 1.29 is 27.6 Å². The highest BCUT2D eigenvalue weighted by molar-refractivity contribution is 6.01. The first-order chi connectivity index (χ1) is 15.4. The Labute approximate surface area is 188 Å². The van der Waals surface area contributed by atoms with Crippen molar-refractivity contribution in [1.82, 2.24) is 16.0 Å². The minimum atomic E-state index is -4.73. The van der Waals surface area contributed by atoms with E-state index < -0.39 is 53.3 Å². The molecule has 11 heteroatoms. The van der Waals surface area contributed by atoms with Crippen molar-refractivity contribution in [2.75, 3.05) is 18.8 Å². The maximum absolute atomic E-state index is 12.9. The van der Waals surface area contributed by atoms with Gasteiger partial charge in [0.25, 0.3) is 5.91 Å². The van der Waals surface area contributed by atoms with Gasteiger partial charge in [0.1, 0.15) is 6.04 Å². The first kappa shape index (κ1) is 25.7. The molecule has 8 nitrogen and oxygen atoms in total. The van der Waals surface area contributed by atoms with Crippen LogP contribution in [0.5, 0.6) is 0 Å². The van der Waals surface area contributed by atoms with Gasteiger partial charge >= 0.3 is 6.18 Å². The summed E-state index contributed by atoms with van der Waals surface area (Å²) in [6.07, 6.45) is -4.73. The zero-order valence-electron chi connectivity index (χ0n) is 18.2. The summed E-state index contributed by atoms with van der Waals surface area (Å²) in [5.74, 6) is -2.49. The molecule has 0 saturated carbocycles. The molecule has 0 saturated heterocycles. The number of nitrogen functional groups attached to an aromatic ring is 1. The molecule has 178 valence electrons. The summed E-state index contributed by atoms with van der Waals surface area (Å²) >= 11 is 0. The minimum absolute atomic E-state index is 0.0446. The standard InChI is InChI=1S/C22H26F3N5O3/c1-12-6-7-14(13(2)8-12)9-28-10-17(20(27)32)30-18(31)11-29-21(33)15-4-3-5-16(19(15)26)22(23,24)25/h3-8,17,28H,9-11,26H2,1-2H3,(H2,27,32)(H,29,33)(H,30,31)/t17-/m0/s1. The average Bonchev–Trinajstić information content (AvgIpc) is 2.72. The van der Waals surface area contributed by atoms with E-state index in [0.717, 1.165) is 34.9 Å². The molecule has 0 spiro atoms. The second-order valence-electron chi connectivity index (χ2n) is 7.53. The fraction of sp³-hybridized carbons (Fsp3) is 0.318. The van der Waals surface area contributed by atoms with Gasteiger partial charge in [-0.3, -0.25) is 14.4 Å². The van der Waals surface area contributed by atoms with Gasteiger partial charge in [-0.15, -0.1) is 0 Å². The maximum atomic E-state index is 12.9. The number of primary amides is 1. The number of para-hydroxylation sites is 1. The van der Waals surface area contributed by atoms with Gasteiger partial charge in [0.2, 0.25) is 11.8 Å². The third-order valence-electron chi connectivity index (χ3n) is 4.91. The maximum Gasteiger partial charge on any atom is 0.418 e. The van der Waals surface area contributed by atoms with Gasteiger partial charge in [-0.25, -0.2) is 0 Å². The summed E-state index contributed by atoms with van der Waals surface area (Å²) in [6, 6.07) is 7.77. The highest BCUT2D eigenvalue weighted by atomic mass is 19.4. The molecular formula is C22H26F3N5O3. The number of hydrogen-bond donors (Lipinski definition) is 5. The second kappa shape index (κ2) is 10.8. The predicted octanol–water partition coefficient (Wildman–Crippen LogP) is 1.39. The summed E-state index contributed by atoms with van der Waals surface area (Å²) < 4.78 is 38.8. The number of nitrogens with two attached hydrogens (primary N) is 2. The Balaban J connectivity index is 1.91. The van der Waals surface area contributed by atoms with Crippen LogP contribution in [0.1, 0.15) is 32.6 Å². The van der Waals surface area contributed by atoms with Crippen molar-refractivity contribution in [1.29, 1.82) is 0 Å². The number of amides is 3. The van der Waals surface area contributed by atoms with Crippen LogP contribution in [0.4, 0.5) is 18.9 Å². The van der Waals surface area contributed by atoms with Crippen molar-refractivity contribution in [3.63, 3.8) is 0 Å². The largest absolute Gasteiger partial charge is 0.418 e. The molecule has 2 aromatic carbocycles. The number of nitrogens with one attached hydrogen (secondary N) is 3. The number of carbonyl (C=O) groups excluding carboxylic acids is 3. The molecule has 0 aliphatic carbocycles. The van der Waals surface area contributed by atoms with E-state index >= 15 is 0 Å². The third kappa shape index (κ3) is 7.21. The summed E-state index contributed by atoms with van der Waals surface area (Å²) in [6.45, 7) is 3.83. The Hall–Kier alpha value is -3.60. The van der Waals surface area contributed by atoms with Crippen LogP contribution in [0.15, 0.2) is 36.4 Å². The van der Waals surface area contributed by atoms with Crippen molar-refractivity contribution in [2.45, 2.75) is 32.6 Å². The fourth-order valence-corrected chi connectivity index (χ4v) is 3.13. The Morgan fingerprint density at radius 3 is 2.39 bits per heavy atom. The molecule has 7 N–H and O–H groups in total. The fourth-order valence-electron chi connectivity index (χ4n) is 3.13. The molecule has 0 aromatic heterocycles. The van der Waals surface area contributed by atoms with Gasteiger partial charge in [0, 0.05) is 13.1 Å². The van der Waals surface area contributed by atoms with Gasteiger partial charge in [-0.2, -0.15) is 13.2 Å². The molecule has 0 unspecified atom stereocenters. The van der Waals surface area contributed by atoms with Gasteiger partial charge in [0.05, 0.1) is 23.4 Å². The van der Waals surface area contributed by atoms with Crippen LogP contribution in [0, 0.1) is 13.8 Å². The Morgan fingerprint density at radius 2 is 1.79 bits per heavy atom. The van der Waals surface area contributed by atoms with E-state index in [2.05, 4.69) is 16.0 Å². The topological polar surface area (TPSA) is 139 Å². The molecule has 0 bridgehead atoms. The lowest BCUT2D eigenvalue weighted by atomic mass is 10.1. The number of hydrogen-bond acceptors (Lipinski definition) is 5. The number of aryl methyl sites for hydroxylation is 2. The van der Waals surface area contributed by atoms with Gasteiger partial charge < -0.3 is 27.4 Å². The molecule has 1 atom stereocenters. The number of carbonyl (C=O) groups is 3. The lowest BCUT2D eigenvalue weighted by molar-refractivity contribution is -0.137. The lowest BCUT2D eigenvalue weighted by Gasteiger charge is -2.17. The van der Waals surface area contributed by atoms with Crippen LogP contribution in [-0.2, 0) is 22.3 Å². The number of benzene rings is 2. The zero-order chi connectivity index (χ0) is 24.8. The molecule has 0 aliphatic heterocycles. The number of rotatable bonds is 9. The first-order valence-corrected chi connectivity index (χ1v) is 9.99. The molecule has 33 heavy (non-hydrogen) atoms. The lowest BCUT2D eigenvalue weighted by Crippen LogP contribution is -2.52. The summed E-state index contributed by atoms with van der Waals surface area (Å²) in [7, 11) is 0. The molecule has 0 heterocycles. The van der Waals surface area contributed by atoms with Crippen molar-refractivity contribution >= 4 is 23.4 Å². The van der Waals surface area contributed by atoms with E-state index in [1.54, 1.807) is 0 Å². The number of anilines is 1. The monoisotopic (exact) mass is 465 g/mol. The Morgan fingerprint density at radius 1 is 1.09 bits per heavy atom. The molecule has 0 aliphatic rings. The van der Waals surface area contributed by atoms with Crippen LogP contribution in [0.3, 0.4) is 0 Å². The second-order valence-corrected chi connectivity index (χ2v) is 7.53. The molecule has 3 amide bonds. The quantitative estimate of drug-likeness (QED) is 0.356. The zero-order valence-corrected chi connectivity index (χ0v) is 18.2. The average molecular weight is 465 g/mol. The van der Waals surface area contributed by atoms with Crippen molar-refractivity contribution in [3.05, 3.63) is 64.2 Å². The highest BCUT2D eigenvalue weighted by Gasteiger charge is 2.34. The SMILES string of the molecule is Cc1ccc(CNC[C@H](NC(=O)CNC(=O)c2cccc(C(F)(F)F)c2N)C(N)=O)c(C)c1. The molecular weight excluding hydrogens is 439 g/mol. The summed E-state index contributed by atoms with van der Waals surface area (Å²) in [5.41, 5.74) is 11.7. The van der Waals surface area contributed by atoms with E-state index in [-0.39, 0.29) is 6.54 Å². The van der Waals surface area contributed by atoms with E-state index in [1.165, 1.54) is 0 Å². The smallest absolute Gasteiger partial charge is 0.398 e. The summed E-state index contributed by atoms with van der Waals surface area (Å²) in [5, 5.41) is 7.61. The van der Waals surface area contributed by atoms with E-state index in [0.29, 0.717) is 6.54 Å². The van der Waals surface area contributed by atoms with Crippen molar-refractivity contribution in [3.8, 4) is 0 Å². The van der Waals surface area contributed by atoms with Crippen LogP contribution < -0.4 is 27.4 Å². The number of alkyl halides is 3. The van der Waals surface area contributed by atoms with Crippen LogP contribution in [0.25, 0.3) is 0 Å². The van der Waals surface area contributed by atoms with Crippen LogP contribution in [-0.4, -0.2) is 36.9 Å². The summed E-state index contributed by atoms with van der Waals surface area (Å²) in [4.78, 5) is 36.0. The number of halogens is 3. The Kier molecular flexibility index (Phi) is 8.41. The Bertz CT molecular complexity index is 1040. The van der Waals surface area contributed by atoms with E-state index in [4.69, 9.17) is 11.5 Å². The molecule has 0 fully saturated rings. The normalized spacial score (nSPS) is 12.2. The molecule has 2 aromatic rings. The predicted molar refractivity (Wildman–Crippen MR) is 117 cm³/mol. The van der Waals surface area contributed by atoms with Crippen LogP contribution >= 0.6 is 0 Å². The van der Waals surface area contributed by atoms with Gasteiger partial charge in [-0.05, 0) is 37.1 Å². The van der Waals surface area contributed by atoms with Gasteiger partial charge in [0.15, 0.2) is 0 Å².